The fraction of sp³-hybridized carbons (Fsp3) is 0.643. The van der Waals surface area contributed by atoms with Crippen molar-refractivity contribution in [3.8, 4) is 0 Å². The van der Waals surface area contributed by atoms with Gasteiger partial charge in [-0.3, -0.25) is 4.98 Å². The minimum absolute atomic E-state index is 0.488. The monoisotopic (exact) mass is 233 g/mol. The first-order chi connectivity index (χ1) is 8.02. The van der Waals surface area contributed by atoms with E-state index in [1.807, 2.05) is 13.1 Å². The number of nitrogens with zero attached hydrogens (tertiary/aromatic N) is 2. The second kappa shape index (κ2) is 4.65. The Labute approximate surface area is 104 Å². The van der Waals surface area contributed by atoms with Gasteiger partial charge in [0, 0.05) is 42.8 Å². The average Bonchev–Trinajstić information content (AvgIpc) is 2.29. The molecule has 1 fully saturated rings. The molecule has 0 radical (unpaired) electrons. The Morgan fingerprint density at radius 1 is 1.35 bits per heavy atom. The third-order valence-corrected chi connectivity index (χ3v) is 3.78. The van der Waals surface area contributed by atoms with E-state index in [2.05, 4.69) is 29.8 Å². The SMILES string of the molecule is Cc1cc(N2CCC(C)(C)CC2)c(CN)cn1. The van der Waals surface area contributed by atoms with Crippen molar-refractivity contribution in [3.63, 3.8) is 0 Å². The molecule has 0 unspecified atom stereocenters. The standard InChI is InChI=1S/C14H23N3/c1-11-8-13(12(9-15)10-16-11)17-6-4-14(2,3)5-7-17/h8,10H,4-7,9,15H2,1-3H3. The van der Waals surface area contributed by atoms with Crippen LogP contribution in [0.2, 0.25) is 0 Å². The highest BCUT2D eigenvalue weighted by Crippen LogP contribution is 2.33. The Hall–Kier alpha value is -1.09. The number of anilines is 1. The molecule has 1 aliphatic rings. The van der Waals surface area contributed by atoms with Crippen molar-refractivity contribution in [3.05, 3.63) is 23.5 Å². The Bertz CT molecular complexity index is 388. The molecule has 0 amide bonds. The van der Waals surface area contributed by atoms with E-state index in [1.54, 1.807) is 0 Å². The van der Waals surface area contributed by atoms with Crippen LogP contribution in [0.25, 0.3) is 0 Å². The molecule has 0 bridgehead atoms. The van der Waals surface area contributed by atoms with Gasteiger partial charge in [0.05, 0.1) is 0 Å². The van der Waals surface area contributed by atoms with Gasteiger partial charge in [-0.15, -0.1) is 0 Å². The van der Waals surface area contributed by atoms with Crippen LogP contribution in [0.3, 0.4) is 0 Å². The molecule has 0 aliphatic carbocycles. The van der Waals surface area contributed by atoms with Gasteiger partial charge in [-0.05, 0) is 31.2 Å². The van der Waals surface area contributed by atoms with Crippen LogP contribution >= 0.6 is 0 Å². The zero-order valence-corrected chi connectivity index (χ0v) is 11.2. The lowest BCUT2D eigenvalue weighted by molar-refractivity contribution is 0.279. The number of aromatic nitrogens is 1. The van der Waals surface area contributed by atoms with Crippen molar-refractivity contribution >= 4 is 5.69 Å². The van der Waals surface area contributed by atoms with Crippen LogP contribution in [0.4, 0.5) is 5.69 Å². The lowest BCUT2D eigenvalue weighted by Gasteiger charge is -2.39. The topological polar surface area (TPSA) is 42.1 Å². The summed E-state index contributed by atoms with van der Waals surface area (Å²) in [5, 5.41) is 0. The summed E-state index contributed by atoms with van der Waals surface area (Å²) < 4.78 is 0. The summed E-state index contributed by atoms with van der Waals surface area (Å²) in [5.74, 6) is 0. The number of rotatable bonds is 2. The van der Waals surface area contributed by atoms with Crippen LogP contribution in [-0.2, 0) is 6.54 Å². The summed E-state index contributed by atoms with van der Waals surface area (Å²) in [7, 11) is 0. The highest BCUT2D eigenvalue weighted by molar-refractivity contribution is 5.54. The summed E-state index contributed by atoms with van der Waals surface area (Å²) >= 11 is 0. The maximum atomic E-state index is 5.79. The van der Waals surface area contributed by atoms with Crippen molar-refractivity contribution in [2.45, 2.75) is 40.2 Å². The van der Waals surface area contributed by atoms with Gasteiger partial charge in [-0.2, -0.15) is 0 Å². The maximum absolute atomic E-state index is 5.79. The van der Waals surface area contributed by atoms with Gasteiger partial charge >= 0.3 is 0 Å². The first kappa shape index (κ1) is 12.4. The molecule has 3 nitrogen and oxygen atoms in total. The summed E-state index contributed by atoms with van der Waals surface area (Å²) in [6.45, 7) is 9.57. The molecule has 1 saturated heterocycles. The molecule has 2 heterocycles. The van der Waals surface area contributed by atoms with E-state index >= 15 is 0 Å². The molecule has 1 aromatic rings. The first-order valence-electron chi connectivity index (χ1n) is 6.42. The fourth-order valence-electron chi connectivity index (χ4n) is 2.38. The van der Waals surface area contributed by atoms with Gasteiger partial charge < -0.3 is 10.6 Å². The minimum atomic E-state index is 0.488. The predicted octanol–water partition coefficient (Wildman–Crippen LogP) is 2.48. The van der Waals surface area contributed by atoms with Gasteiger partial charge in [0.2, 0.25) is 0 Å². The van der Waals surface area contributed by atoms with Gasteiger partial charge in [-0.1, -0.05) is 13.8 Å². The zero-order chi connectivity index (χ0) is 12.5. The average molecular weight is 233 g/mol. The van der Waals surface area contributed by atoms with Crippen LogP contribution < -0.4 is 10.6 Å². The molecule has 1 aromatic heterocycles. The largest absolute Gasteiger partial charge is 0.371 e. The Balaban J connectivity index is 2.20. The van der Waals surface area contributed by atoms with Crippen molar-refractivity contribution in [2.24, 2.45) is 11.1 Å². The lowest BCUT2D eigenvalue weighted by Crippen LogP contribution is -2.38. The number of pyridine rings is 1. The quantitative estimate of drug-likeness (QED) is 0.853. The maximum Gasteiger partial charge on any atom is 0.0445 e. The van der Waals surface area contributed by atoms with Gasteiger partial charge in [0.25, 0.3) is 0 Å². The van der Waals surface area contributed by atoms with E-state index in [4.69, 9.17) is 5.73 Å². The lowest BCUT2D eigenvalue weighted by atomic mass is 9.82. The molecule has 3 heteroatoms. The van der Waals surface area contributed by atoms with E-state index in [9.17, 15) is 0 Å². The van der Waals surface area contributed by atoms with Crippen molar-refractivity contribution in [1.82, 2.24) is 4.98 Å². The molecule has 0 saturated carbocycles. The Morgan fingerprint density at radius 2 is 2.00 bits per heavy atom. The second-order valence-corrected chi connectivity index (χ2v) is 5.81. The molecule has 2 N–H and O–H groups in total. The number of hydrogen-bond donors (Lipinski definition) is 1. The summed E-state index contributed by atoms with van der Waals surface area (Å²) in [6.07, 6.45) is 4.42. The van der Waals surface area contributed by atoms with Gasteiger partial charge in [0.15, 0.2) is 0 Å². The third-order valence-electron chi connectivity index (χ3n) is 3.78. The van der Waals surface area contributed by atoms with E-state index in [0.717, 1.165) is 24.3 Å². The van der Waals surface area contributed by atoms with Crippen molar-refractivity contribution < 1.29 is 0 Å². The first-order valence-corrected chi connectivity index (χ1v) is 6.42. The van der Waals surface area contributed by atoms with E-state index in [-0.39, 0.29) is 0 Å². The normalized spacial score (nSPS) is 19.4. The molecule has 0 atom stereocenters. The molecule has 94 valence electrons. The second-order valence-electron chi connectivity index (χ2n) is 5.81. The molecular weight excluding hydrogens is 210 g/mol. The Kier molecular flexibility index (Phi) is 3.38. The van der Waals surface area contributed by atoms with Crippen LogP contribution in [0.1, 0.15) is 37.9 Å². The number of hydrogen-bond acceptors (Lipinski definition) is 3. The van der Waals surface area contributed by atoms with Crippen molar-refractivity contribution in [2.75, 3.05) is 18.0 Å². The number of aryl methyl sites for hydroxylation is 1. The smallest absolute Gasteiger partial charge is 0.0445 e. The minimum Gasteiger partial charge on any atom is -0.371 e. The molecule has 0 aromatic carbocycles. The van der Waals surface area contributed by atoms with Gasteiger partial charge in [0.1, 0.15) is 0 Å². The van der Waals surface area contributed by atoms with Crippen LogP contribution in [-0.4, -0.2) is 18.1 Å². The zero-order valence-electron chi connectivity index (χ0n) is 11.2. The molecular formula is C14H23N3. The molecule has 17 heavy (non-hydrogen) atoms. The predicted molar refractivity (Wildman–Crippen MR) is 72.1 cm³/mol. The van der Waals surface area contributed by atoms with E-state index in [0.29, 0.717) is 12.0 Å². The Morgan fingerprint density at radius 3 is 2.59 bits per heavy atom. The van der Waals surface area contributed by atoms with Crippen LogP contribution in [0.5, 0.6) is 0 Å². The summed E-state index contributed by atoms with van der Waals surface area (Å²) in [4.78, 5) is 6.79. The number of nitrogens with two attached hydrogens (primary N) is 1. The van der Waals surface area contributed by atoms with Gasteiger partial charge in [-0.25, -0.2) is 0 Å². The van der Waals surface area contributed by atoms with Crippen molar-refractivity contribution in [1.29, 1.82) is 0 Å². The molecule has 1 aliphatic heterocycles. The van der Waals surface area contributed by atoms with E-state index < -0.39 is 0 Å². The molecule has 0 spiro atoms. The van der Waals surface area contributed by atoms with Crippen LogP contribution in [0.15, 0.2) is 12.3 Å². The fourth-order valence-corrected chi connectivity index (χ4v) is 2.38. The molecule has 2 rings (SSSR count). The number of piperidine rings is 1. The van der Waals surface area contributed by atoms with Crippen LogP contribution in [0, 0.1) is 12.3 Å². The summed E-state index contributed by atoms with van der Waals surface area (Å²) in [5.41, 5.74) is 9.80. The highest BCUT2D eigenvalue weighted by Gasteiger charge is 2.26. The third kappa shape index (κ3) is 2.78. The summed E-state index contributed by atoms with van der Waals surface area (Å²) in [6, 6.07) is 2.17. The van der Waals surface area contributed by atoms with E-state index in [1.165, 1.54) is 18.5 Å². The highest BCUT2D eigenvalue weighted by atomic mass is 15.1.